The fraction of sp³-hybridized carbons (Fsp3) is 0.156. The second kappa shape index (κ2) is 9.07. The maximum absolute atomic E-state index is 13.7. The van der Waals surface area contributed by atoms with Gasteiger partial charge in [-0.15, -0.1) is 0 Å². The van der Waals surface area contributed by atoms with E-state index in [1.807, 2.05) is 72.8 Å². The van der Waals surface area contributed by atoms with Crippen LogP contribution in [0, 0.1) is 11.8 Å². The normalized spacial score (nSPS) is 22.9. The van der Waals surface area contributed by atoms with Crippen molar-refractivity contribution < 1.29 is 14.3 Å². The van der Waals surface area contributed by atoms with Crippen molar-refractivity contribution in [1.82, 2.24) is 5.01 Å². The molecule has 38 heavy (non-hydrogen) atoms. The Hall–Kier alpha value is -4.03. The summed E-state index contributed by atoms with van der Waals surface area (Å²) < 4.78 is 6.71. The minimum Gasteiger partial charge on any atom is -0.488 e. The van der Waals surface area contributed by atoms with Crippen LogP contribution in [0.3, 0.4) is 0 Å². The molecule has 8 rings (SSSR count). The van der Waals surface area contributed by atoms with Gasteiger partial charge >= 0.3 is 0 Å². The zero-order valence-corrected chi connectivity index (χ0v) is 21.9. The minimum absolute atomic E-state index is 0.135. The molecular weight excluding hydrogens is 540 g/mol. The van der Waals surface area contributed by atoms with E-state index < -0.39 is 11.8 Å². The number of imide groups is 1. The van der Waals surface area contributed by atoms with Crippen LogP contribution in [0.4, 0.5) is 0 Å². The highest BCUT2D eigenvalue weighted by atomic mass is 79.9. The zero-order chi connectivity index (χ0) is 25.8. The maximum Gasteiger partial charge on any atom is 0.254 e. The van der Waals surface area contributed by atoms with E-state index in [0.717, 1.165) is 42.9 Å². The van der Waals surface area contributed by atoms with E-state index in [1.165, 1.54) is 0 Å². The Balaban J connectivity index is 1.16. The molecule has 2 bridgehead atoms. The van der Waals surface area contributed by atoms with Crippen LogP contribution in [0.5, 0.6) is 5.75 Å². The number of halogens is 1. The van der Waals surface area contributed by atoms with Crippen LogP contribution in [-0.2, 0) is 16.2 Å². The van der Waals surface area contributed by atoms with E-state index >= 15 is 0 Å². The number of amides is 2. The highest BCUT2D eigenvalue weighted by Gasteiger charge is 2.61. The molecule has 4 aliphatic rings. The molecule has 5 nitrogen and oxygen atoms in total. The van der Waals surface area contributed by atoms with Crippen LogP contribution in [0.25, 0.3) is 0 Å². The van der Waals surface area contributed by atoms with Crippen LogP contribution < -0.4 is 4.74 Å². The van der Waals surface area contributed by atoms with Gasteiger partial charge in [-0.2, -0.15) is 10.1 Å². The third-order valence-electron chi connectivity index (χ3n) is 7.94. The number of hydrogen-bond acceptors (Lipinski definition) is 4. The summed E-state index contributed by atoms with van der Waals surface area (Å²) in [5, 5.41) is 5.51. The first-order valence-corrected chi connectivity index (χ1v) is 13.5. The van der Waals surface area contributed by atoms with Crippen LogP contribution in [-0.4, -0.2) is 23.0 Å². The molecule has 1 heterocycles. The van der Waals surface area contributed by atoms with Crippen molar-refractivity contribution in [2.45, 2.75) is 18.4 Å². The lowest BCUT2D eigenvalue weighted by atomic mass is 9.55. The molecule has 6 heteroatoms. The average molecular weight is 563 g/mol. The second-order valence-electron chi connectivity index (χ2n) is 9.96. The van der Waals surface area contributed by atoms with Crippen molar-refractivity contribution in [1.29, 1.82) is 0 Å². The summed E-state index contributed by atoms with van der Waals surface area (Å²) in [6.07, 6.45) is 1.57. The predicted molar refractivity (Wildman–Crippen MR) is 148 cm³/mol. The Morgan fingerprint density at radius 2 is 1.26 bits per heavy atom. The number of carbonyl (C=O) groups excluding carboxylic acids is 2. The first-order valence-electron chi connectivity index (χ1n) is 12.7. The van der Waals surface area contributed by atoms with Gasteiger partial charge in [0.05, 0.1) is 22.5 Å². The Morgan fingerprint density at radius 1 is 0.737 bits per heavy atom. The molecular formula is C32H23BrN2O3. The van der Waals surface area contributed by atoms with E-state index in [0.29, 0.717) is 12.4 Å². The van der Waals surface area contributed by atoms with E-state index in [2.05, 4.69) is 45.3 Å². The summed E-state index contributed by atoms with van der Waals surface area (Å²) in [5.41, 5.74) is 6.45. The zero-order valence-electron chi connectivity index (χ0n) is 20.3. The number of rotatable bonds is 5. The molecule has 4 aromatic carbocycles. The average Bonchev–Trinajstić information content (AvgIpc) is 3.21. The van der Waals surface area contributed by atoms with Gasteiger partial charge in [-0.25, -0.2) is 0 Å². The van der Waals surface area contributed by atoms with Crippen LogP contribution in [0.15, 0.2) is 107 Å². The van der Waals surface area contributed by atoms with Gasteiger partial charge in [0.1, 0.15) is 12.4 Å². The Labute approximate surface area is 228 Å². The van der Waals surface area contributed by atoms with Gasteiger partial charge in [0.2, 0.25) is 0 Å². The third kappa shape index (κ3) is 3.55. The topological polar surface area (TPSA) is 59.0 Å². The molecule has 2 atom stereocenters. The summed E-state index contributed by atoms with van der Waals surface area (Å²) in [4.78, 5) is 27.4. The van der Waals surface area contributed by atoms with Gasteiger partial charge in [-0.1, -0.05) is 78.9 Å². The molecule has 1 fully saturated rings. The highest BCUT2D eigenvalue weighted by Crippen LogP contribution is 2.60. The predicted octanol–water partition coefficient (Wildman–Crippen LogP) is 6.25. The molecule has 0 N–H and O–H groups in total. The van der Waals surface area contributed by atoms with Gasteiger partial charge in [0.25, 0.3) is 11.8 Å². The number of hydrogen-bond donors (Lipinski definition) is 0. The fourth-order valence-electron chi connectivity index (χ4n) is 6.35. The molecule has 4 aromatic rings. The number of carbonyl (C=O) groups is 2. The molecule has 1 aliphatic heterocycles. The lowest BCUT2D eigenvalue weighted by Gasteiger charge is -2.45. The lowest BCUT2D eigenvalue weighted by Crippen LogP contribution is -2.41. The summed E-state index contributed by atoms with van der Waals surface area (Å²) in [6.45, 7) is 0.458. The van der Waals surface area contributed by atoms with Crippen molar-refractivity contribution in [3.8, 4) is 5.75 Å². The number of ether oxygens (including phenoxy) is 1. The van der Waals surface area contributed by atoms with E-state index in [1.54, 1.807) is 6.21 Å². The Kier molecular flexibility index (Phi) is 5.51. The van der Waals surface area contributed by atoms with Crippen molar-refractivity contribution in [3.05, 3.63) is 135 Å². The van der Waals surface area contributed by atoms with Crippen LogP contribution >= 0.6 is 15.9 Å². The lowest BCUT2D eigenvalue weighted by molar-refractivity contribution is -0.139. The number of nitrogens with zero attached hydrogens (tertiary/aromatic N) is 2. The molecule has 1 saturated heterocycles. The maximum atomic E-state index is 13.7. The standard InChI is InChI=1S/C32H23BrN2O3/c33-25-16-20(14-15-26(25)38-18-19-8-2-1-3-9-19)17-34-35-31(36)29-27-21-10-4-5-11-22(21)28(30(29)32(35)37)24-13-7-6-12-23(24)27/h1-17,27-30H,18H2/b34-17-/t27?,28?,29-,30-/m0/s1. The van der Waals surface area contributed by atoms with Crippen molar-refractivity contribution in [2.75, 3.05) is 0 Å². The van der Waals surface area contributed by atoms with Crippen LogP contribution in [0.2, 0.25) is 0 Å². The van der Waals surface area contributed by atoms with E-state index in [4.69, 9.17) is 4.74 Å². The minimum atomic E-state index is -0.435. The summed E-state index contributed by atoms with van der Waals surface area (Å²) in [6, 6.07) is 32.0. The van der Waals surface area contributed by atoms with E-state index in [-0.39, 0.29) is 23.7 Å². The summed E-state index contributed by atoms with van der Waals surface area (Å²) >= 11 is 3.57. The fourth-order valence-corrected chi connectivity index (χ4v) is 6.86. The largest absolute Gasteiger partial charge is 0.488 e. The third-order valence-corrected chi connectivity index (χ3v) is 8.56. The quantitative estimate of drug-likeness (QED) is 0.213. The number of hydrazone groups is 1. The molecule has 0 aromatic heterocycles. The molecule has 186 valence electrons. The van der Waals surface area contributed by atoms with Crippen LogP contribution in [0.1, 0.15) is 45.2 Å². The first-order chi connectivity index (χ1) is 18.6. The highest BCUT2D eigenvalue weighted by molar-refractivity contribution is 9.10. The van der Waals surface area contributed by atoms with E-state index in [9.17, 15) is 9.59 Å². The van der Waals surface area contributed by atoms with Crippen molar-refractivity contribution >= 4 is 34.0 Å². The Bertz CT molecular complexity index is 1500. The summed E-state index contributed by atoms with van der Waals surface area (Å²) in [5.74, 6) is -0.884. The van der Waals surface area contributed by atoms with Gasteiger partial charge in [0.15, 0.2) is 0 Å². The SMILES string of the molecule is O=C1[C@H]2C3c4ccccc4C(c4ccccc43)[C@@H]2C(=O)N1/N=C\c1ccc(OCc2ccccc2)c(Br)c1. The molecule has 0 radical (unpaired) electrons. The molecule has 0 saturated carbocycles. The molecule has 0 spiro atoms. The van der Waals surface area contributed by atoms with Crippen molar-refractivity contribution in [3.63, 3.8) is 0 Å². The van der Waals surface area contributed by atoms with Crippen molar-refractivity contribution in [2.24, 2.45) is 16.9 Å². The first kappa shape index (κ1) is 23.1. The van der Waals surface area contributed by atoms with Gasteiger partial charge in [0, 0.05) is 11.8 Å². The number of benzene rings is 4. The Morgan fingerprint density at radius 3 is 1.79 bits per heavy atom. The van der Waals surface area contributed by atoms with Gasteiger partial charge < -0.3 is 4.74 Å². The second-order valence-corrected chi connectivity index (χ2v) is 10.8. The molecule has 3 aliphatic carbocycles. The molecule has 0 unspecified atom stereocenters. The summed E-state index contributed by atoms with van der Waals surface area (Å²) in [7, 11) is 0. The monoisotopic (exact) mass is 562 g/mol. The van der Waals surface area contributed by atoms with Gasteiger partial charge in [-0.05, 0) is 67.5 Å². The van der Waals surface area contributed by atoms with Gasteiger partial charge in [-0.3, -0.25) is 9.59 Å². The smallest absolute Gasteiger partial charge is 0.254 e. The molecule has 2 amide bonds.